The summed E-state index contributed by atoms with van der Waals surface area (Å²) in [6.07, 6.45) is 2.30. The zero-order valence-electron chi connectivity index (χ0n) is 11.8. The van der Waals surface area contributed by atoms with Crippen molar-refractivity contribution in [1.29, 1.82) is 0 Å². The van der Waals surface area contributed by atoms with Crippen molar-refractivity contribution in [1.82, 2.24) is 4.72 Å². The van der Waals surface area contributed by atoms with E-state index >= 15 is 0 Å². The Kier molecular flexibility index (Phi) is 3.83. The van der Waals surface area contributed by atoms with Gasteiger partial charge in [-0.25, -0.2) is 13.1 Å². The molecular weight excluding hydrogens is 282 g/mol. The van der Waals surface area contributed by atoms with Gasteiger partial charge in [0, 0.05) is 0 Å². The van der Waals surface area contributed by atoms with Crippen LogP contribution in [0.15, 0.2) is 60.7 Å². The molecule has 4 heteroatoms. The molecule has 0 aromatic heterocycles. The van der Waals surface area contributed by atoms with Crippen molar-refractivity contribution in [2.75, 3.05) is 5.75 Å². The van der Waals surface area contributed by atoms with E-state index in [1.807, 2.05) is 60.7 Å². The van der Waals surface area contributed by atoms with Crippen LogP contribution in [0.3, 0.4) is 0 Å². The molecule has 3 rings (SSSR count). The van der Waals surface area contributed by atoms with Crippen LogP contribution in [0.2, 0.25) is 0 Å². The third-order valence-corrected chi connectivity index (χ3v) is 5.37. The minimum absolute atomic E-state index is 0.131. The molecule has 2 aromatic carbocycles. The Morgan fingerprint density at radius 2 is 1.48 bits per heavy atom. The lowest BCUT2D eigenvalue weighted by Crippen LogP contribution is -2.36. The van der Waals surface area contributed by atoms with Crippen molar-refractivity contribution < 1.29 is 8.42 Å². The zero-order chi connectivity index (χ0) is 14.8. The van der Waals surface area contributed by atoms with Gasteiger partial charge in [-0.05, 0) is 30.4 Å². The van der Waals surface area contributed by atoms with Gasteiger partial charge in [-0.3, -0.25) is 0 Å². The maximum atomic E-state index is 12.3. The smallest absolute Gasteiger partial charge is 0.212 e. The van der Waals surface area contributed by atoms with Gasteiger partial charge >= 0.3 is 0 Å². The maximum absolute atomic E-state index is 12.3. The number of sulfonamides is 1. The summed E-state index contributed by atoms with van der Waals surface area (Å²) in [6, 6.07) is 19.6. The first kappa shape index (κ1) is 14.3. The average Bonchev–Trinajstić information content (AvgIpc) is 3.27. The van der Waals surface area contributed by atoms with Gasteiger partial charge in [0.25, 0.3) is 0 Å². The fraction of sp³-hybridized carbons (Fsp3) is 0.294. The van der Waals surface area contributed by atoms with Crippen LogP contribution in [0.25, 0.3) is 0 Å². The molecule has 0 aliphatic heterocycles. The Morgan fingerprint density at radius 3 is 2.05 bits per heavy atom. The number of rotatable bonds is 6. The van der Waals surface area contributed by atoms with Crippen molar-refractivity contribution in [2.45, 2.75) is 24.8 Å². The normalized spacial score (nSPS) is 16.6. The quantitative estimate of drug-likeness (QED) is 0.892. The van der Waals surface area contributed by atoms with Gasteiger partial charge in [0.15, 0.2) is 0 Å². The van der Waals surface area contributed by atoms with Gasteiger partial charge in [-0.2, -0.15) is 0 Å². The zero-order valence-corrected chi connectivity index (χ0v) is 12.6. The fourth-order valence-electron chi connectivity index (χ4n) is 2.58. The van der Waals surface area contributed by atoms with Crippen LogP contribution < -0.4 is 4.72 Å². The molecule has 0 heterocycles. The molecule has 0 unspecified atom stereocenters. The predicted octanol–water partition coefficient (Wildman–Crippen LogP) is 2.84. The molecule has 1 fully saturated rings. The lowest BCUT2D eigenvalue weighted by molar-refractivity contribution is 0.551. The van der Waals surface area contributed by atoms with Gasteiger partial charge in [0.2, 0.25) is 10.0 Å². The van der Waals surface area contributed by atoms with Crippen LogP contribution in [-0.4, -0.2) is 14.2 Å². The standard InChI is InChI=1S/C17H19NO2S/c19-21(20,14-11-15-7-3-1-4-8-15)18-17(12-13-17)16-9-5-2-6-10-16/h1-10,18H,11-14H2. The number of benzene rings is 2. The topological polar surface area (TPSA) is 46.2 Å². The Balaban J connectivity index is 1.67. The van der Waals surface area contributed by atoms with Crippen molar-refractivity contribution >= 4 is 10.0 Å². The molecule has 3 nitrogen and oxygen atoms in total. The first-order valence-electron chi connectivity index (χ1n) is 7.21. The number of aryl methyl sites for hydroxylation is 1. The Labute approximate surface area is 126 Å². The second kappa shape index (κ2) is 5.62. The van der Waals surface area contributed by atoms with Crippen molar-refractivity contribution in [3.05, 3.63) is 71.8 Å². The van der Waals surface area contributed by atoms with Crippen LogP contribution in [0.4, 0.5) is 0 Å². The van der Waals surface area contributed by atoms with Gasteiger partial charge < -0.3 is 0 Å². The Bertz CT molecular complexity index is 692. The van der Waals surface area contributed by atoms with Crippen molar-refractivity contribution in [2.24, 2.45) is 0 Å². The first-order chi connectivity index (χ1) is 10.1. The van der Waals surface area contributed by atoms with Crippen molar-refractivity contribution in [3.63, 3.8) is 0 Å². The van der Waals surface area contributed by atoms with Crippen LogP contribution in [0, 0.1) is 0 Å². The molecule has 0 saturated heterocycles. The summed E-state index contributed by atoms with van der Waals surface area (Å²) in [5, 5.41) is 0. The molecule has 1 aliphatic rings. The minimum atomic E-state index is -3.27. The van der Waals surface area contributed by atoms with Crippen LogP contribution in [-0.2, 0) is 22.0 Å². The molecule has 0 bridgehead atoms. The maximum Gasteiger partial charge on any atom is 0.212 e. The van der Waals surface area contributed by atoms with Gasteiger partial charge in [-0.15, -0.1) is 0 Å². The van der Waals surface area contributed by atoms with Crippen LogP contribution in [0.5, 0.6) is 0 Å². The first-order valence-corrected chi connectivity index (χ1v) is 8.86. The van der Waals surface area contributed by atoms with Gasteiger partial charge in [-0.1, -0.05) is 60.7 Å². The molecule has 0 amide bonds. The largest absolute Gasteiger partial charge is 0.212 e. The van der Waals surface area contributed by atoms with Crippen LogP contribution in [0.1, 0.15) is 24.0 Å². The molecule has 0 spiro atoms. The van der Waals surface area contributed by atoms with E-state index in [4.69, 9.17) is 0 Å². The highest BCUT2D eigenvalue weighted by Crippen LogP contribution is 2.45. The summed E-state index contributed by atoms with van der Waals surface area (Å²) in [7, 11) is -3.27. The molecule has 1 aliphatic carbocycles. The van der Waals surface area contributed by atoms with E-state index in [9.17, 15) is 8.42 Å². The van der Waals surface area contributed by atoms with E-state index in [-0.39, 0.29) is 11.3 Å². The van der Waals surface area contributed by atoms with E-state index in [1.54, 1.807) is 0 Å². The molecule has 2 aromatic rings. The third kappa shape index (κ3) is 3.52. The highest BCUT2D eigenvalue weighted by molar-refractivity contribution is 7.89. The minimum Gasteiger partial charge on any atom is -0.212 e. The van der Waals surface area contributed by atoms with E-state index in [0.717, 1.165) is 24.0 Å². The molecule has 0 radical (unpaired) electrons. The fourth-order valence-corrected chi connectivity index (χ4v) is 4.10. The molecule has 110 valence electrons. The summed E-state index contributed by atoms with van der Waals surface area (Å²) < 4.78 is 27.5. The Morgan fingerprint density at radius 1 is 0.905 bits per heavy atom. The lowest BCUT2D eigenvalue weighted by atomic mass is 10.1. The Hall–Kier alpha value is -1.65. The second-order valence-electron chi connectivity index (χ2n) is 5.60. The van der Waals surface area contributed by atoms with Crippen molar-refractivity contribution in [3.8, 4) is 0 Å². The molecule has 1 saturated carbocycles. The monoisotopic (exact) mass is 301 g/mol. The SMILES string of the molecule is O=S(=O)(CCc1ccccc1)NC1(c2ccccc2)CC1. The highest BCUT2D eigenvalue weighted by atomic mass is 32.2. The van der Waals surface area contributed by atoms with Gasteiger partial charge in [0.1, 0.15) is 0 Å². The predicted molar refractivity (Wildman–Crippen MR) is 84.4 cm³/mol. The summed E-state index contributed by atoms with van der Waals surface area (Å²) >= 11 is 0. The number of nitrogens with one attached hydrogen (secondary N) is 1. The van der Waals surface area contributed by atoms with Crippen LogP contribution >= 0.6 is 0 Å². The third-order valence-electron chi connectivity index (χ3n) is 3.93. The van der Waals surface area contributed by atoms with Gasteiger partial charge in [0.05, 0.1) is 11.3 Å². The van der Waals surface area contributed by atoms with E-state index < -0.39 is 10.0 Å². The summed E-state index contributed by atoms with van der Waals surface area (Å²) in [5.41, 5.74) is 1.75. The molecule has 0 atom stereocenters. The summed E-state index contributed by atoms with van der Waals surface area (Å²) in [6.45, 7) is 0. The van der Waals surface area contributed by atoms with E-state index in [2.05, 4.69) is 4.72 Å². The van der Waals surface area contributed by atoms with E-state index in [0.29, 0.717) is 6.42 Å². The summed E-state index contributed by atoms with van der Waals surface area (Å²) in [5.74, 6) is 0.131. The molecule has 21 heavy (non-hydrogen) atoms. The number of hydrogen-bond donors (Lipinski definition) is 1. The number of hydrogen-bond acceptors (Lipinski definition) is 2. The van der Waals surface area contributed by atoms with E-state index in [1.165, 1.54) is 0 Å². The average molecular weight is 301 g/mol. The second-order valence-corrected chi connectivity index (χ2v) is 7.45. The molecule has 1 N–H and O–H groups in total. The summed E-state index contributed by atoms with van der Waals surface area (Å²) in [4.78, 5) is 0. The molecular formula is C17H19NO2S. The lowest BCUT2D eigenvalue weighted by Gasteiger charge is -2.18. The highest BCUT2D eigenvalue weighted by Gasteiger charge is 2.46.